The van der Waals surface area contributed by atoms with Crippen molar-refractivity contribution in [1.29, 1.82) is 0 Å². The van der Waals surface area contributed by atoms with Crippen molar-refractivity contribution in [3.8, 4) is 0 Å². The van der Waals surface area contributed by atoms with Gasteiger partial charge in [0.15, 0.2) is 0 Å². The molecule has 2 fully saturated rings. The summed E-state index contributed by atoms with van der Waals surface area (Å²) in [7, 11) is 0. The van der Waals surface area contributed by atoms with Crippen LogP contribution in [-0.4, -0.2) is 55.3 Å². The third kappa shape index (κ3) is 4.73. The molecule has 5 heteroatoms. The number of pyridine rings is 1. The largest absolute Gasteiger partial charge is 0.381 e. The maximum atomic E-state index is 14.2. The molecule has 3 aromatic rings. The second kappa shape index (κ2) is 9.85. The maximum Gasteiger partial charge on any atom is 0.233 e. The molecule has 0 aliphatic carbocycles. The maximum absolute atomic E-state index is 14.2. The fourth-order valence-electron chi connectivity index (χ4n) is 5.68. The van der Waals surface area contributed by atoms with Gasteiger partial charge in [-0.2, -0.15) is 0 Å². The van der Waals surface area contributed by atoms with Crippen molar-refractivity contribution in [1.82, 2.24) is 9.88 Å². The van der Waals surface area contributed by atoms with Gasteiger partial charge in [-0.25, -0.2) is 0 Å². The van der Waals surface area contributed by atoms with E-state index in [9.17, 15) is 4.79 Å². The lowest BCUT2D eigenvalue weighted by Crippen LogP contribution is -2.51. The number of hydrogen-bond donors (Lipinski definition) is 0. The Labute approximate surface area is 202 Å². The van der Waals surface area contributed by atoms with Crippen molar-refractivity contribution in [2.75, 3.05) is 39.5 Å². The van der Waals surface area contributed by atoms with E-state index in [1.165, 1.54) is 22.1 Å². The first-order valence-corrected chi connectivity index (χ1v) is 12.4. The van der Waals surface area contributed by atoms with E-state index in [-0.39, 0.29) is 11.8 Å². The molecule has 1 atom stereocenters. The molecule has 178 valence electrons. The first-order valence-electron chi connectivity index (χ1n) is 12.4. The summed E-state index contributed by atoms with van der Waals surface area (Å²) in [5.74, 6) is 0.503. The Hall–Kier alpha value is -2.76. The number of nitrogens with zero attached hydrogens (tertiary/aromatic N) is 2. The highest BCUT2D eigenvalue weighted by atomic mass is 16.5. The Bertz CT molecular complexity index is 1150. The topological polar surface area (TPSA) is 51.7 Å². The number of carbonyl (C=O) groups is 1. The zero-order chi connectivity index (χ0) is 23.5. The van der Waals surface area contributed by atoms with Gasteiger partial charge in [0.05, 0.1) is 18.6 Å². The number of aromatic nitrogens is 1. The number of amides is 1. The molecule has 2 aliphatic heterocycles. The van der Waals surface area contributed by atoms with Crippen molar-refractivity contribution in [2.24, 2.45) is 5.92 Å². The fraction of sp³-hybridized carbons (Fsp3) is 0.448. The van der Waals surface area contributed by atoms with E-state index in [4.69, 9.17) is 9.47 Å². The first kappa shape index (κ1) is 23.0. The lowest BCUT2D eigenvalue weighted by atomic mass is 9.72. The fourth-order valence-corrected chi connectivity index (χ4v) is 5.68. The number of ether oxygens (including phenoxy) is 2. The van der Waals surface area contributed by atoms with Crippen LogP contribution in [0.1, 0.15) is 35.1 Å². The van der Waals surface area contributed by atoms with Crippen LogP contribution in [0.15, 0.2) is 54.9 Å². The molecule has 0 radical (unpaired) electrons. The average molecular weight is 459 g/mol. The van der Waals surface area contributed by atoms with Crippen LogP contribution in [0.5, 0.6) is 0 Å². The summed E-state index contributed by atoms with van der Waals surface area (Å²) in [4.78, 5) is 20.5. The third-order valence-electron chi connectivity index (χ3n) is 7.38. The van der Waals surface area contributed by atoms with E-state index in [1.807, 2.05) is 12.4 Å². The van der Waals surface area contributed by atoms with Gasteiger partial charge < -0.3 is 14.4 Å². The van der Waals surface area contributed by atoms with Crippen molar-refractivity contribution >= 4 is 16.7 Å². The highest BCUT2D eigenvalue weighted by molar-refractivity contribution is 5.88. The number of benzene rings is 2. The first-order chi connectivity index (χ1) is 16.5. The van der Waals surface area contributed by atoms with Crippen LogP contribution in [0.2, 0.25) is 0 Å². The van der Waals surface area contributed by atoms with Crippen LogP contribution in [-0.2, 0) is 26.1 Å². The molecule has 5 nitrogen and oxygen atoms in total. The van der Waals surface area contributed by atoms with Gasteiger partial charge in [-0.3, -0.25) is 9.78 Å². The normalized spacial score (nSPS) is 20.8. The molecule has 2 aliphatic rings. The summed E-state index contributed by atoms with van der Waals surface area (Å²) in [6, 6.07) is 15.2. The lowest BCUT2D eigenvalue weighted by Gasteiger charge is -2.40. The highest BCUT2D eigenvalue weighted by Crippen LogP contribution is 2.38. The molecule has 0 bridgehead atoms. The van der Waals surface area contributed by atoms with Gasteiger partial charge in [-0.1, -0.05) is 47.5 Å². The van der Waals surface area contributed by atoms with Gasteiger partial charge in [-0.05, 0) is 55.7 Å². The minimum atomic E-state index is -0.514. The van der Waals surface area contributed by atoms with E-state index < -0.39 is 5.41 Å². The quantitative estimate of drug-likeness (QED) is 0.573. The van der Waals surface area contributed by atoms with Gasteiger partial charge >= 0.3 is 0 Å². The van der Waals surface area contributed by atoms with E-state index >= 15 is 0 Å². The Kier molecular flexibility index (Phi) is 6.66. The summed E-state index contributed by atoms with van der Waals surface area (Å²) in [6.45, 7) is 8.11. The van der Waals surface area contributed by atoms with Crippen LogP contribution in [0.4, 0.5) is 0 Å². The van der Waals surface area contributed by atoms with Crippen LogP contribution in [0, 0.1) is 19.8 Å². The second-order valence-corrected chi connectivity index (χ2v) is 10.0. The molecule has 1 aromatic heterocycles. The molecule has 2 aromatic carbocycles. The summed E-state index contributed by atoms with van der Waals surface area (Å²) < 4.78 is 11.7. The Morgan fingerprint density at radius 1 is 1.00 bits per heavy atom. The Morgan fingerprint density at radius 3 is 2.59 bits per heavy atom. The molecule has 5 rings (SSSR count). The standard InChI is InChI=1S/C29H34N2O3/c1-21-13-22(2)15-27(14-21)29(6-10-33-11-7-29)28(32)31-9-12-34-20-24(19-31)16-23-3-4-26-18-30-8-5-25(26)17-23/h3-5,8,13-15,17-18,24H,6-7,9-12,16,19-20H2,1-2H3/t24-/m1/s1. The van der Waals surface area contributed by atoms with E-state index in [0.717, 1.165) is 36.8 Å². The molecule has 34 heavy (non-hydrogen) atoms. The minimum absolute atomic E-state index is 0.237. The highest BCUT2D eigenvalue weighted by Gasteiger charge is 2.44. The minimum Gasteiger partial charge on any atom is -0.381 e. The van der Waals surface area contributed by atoms with Gasteiger partial charge in [0, 0.05) is 50.0 Å². The van der Waals surface area contributed by atoms with Crippen molar-refractivity contribution in [2.45, 2.75) is 38.5 Å². The molecule has 0 spiro atoms. The number of fused-ring (bicyclic) bond motifs is 1. The molecule has 2 saturated heterocycles. The third-order valence-corrected chi connectivity index (χ3v) is 7.38. The molecule has 1 amide bonds. The summed E-state index contributed by atoms with van der Waals surface area (Å²) in [5.41, 5.74) is 4.31. The molecule has 0 unspecified atom stereocenters. The zero-order valence-electron chi connectivity index (χ0n) is 20.3. The molecule has 0 N–H and O–H groups in total. The SMILES string of the molecule is Cc1cc(C)cc(C2(C(=O)N3CCOC[C@H](Cc4ccc5cnccc5c4)C3)CCOCC2)c1. The summed E-state index contributed by atoms with van der Waals surface area (Å²) >= 11 is 0. The van der Waals surface area contributed by atoms with E-state index in [1.54, 1.807) is 0 Å². The summed E-state index contributed by atoms with van der Waals surface area (Å²) in [5, 5.41) is 2.35. The molecule has 0 saturated carbocycles. The summed E-state index contributed by atoms with van der Waals surface area (Å²) in [6.07, 6.45) is 6.09. The van der Waals surface area contributed by atoms with Crippen LogP contribution in [0.3, 0.4) is 0 Å². The number of hydrogen-bond acceptors (Lipinski definition) is 4. The van der Waals surface area contributed by atoms with Crippen LogP contribution in [0.25, 0.3) is 10.8 Å². The van der Waals surface area contributed by atoms with Crippen LogP contribution < -0.4 is 0 Å². The number of rotatable bonds is 4. The number of carbonyl (C=O) groups excluding carboxylic acids is 1. The van der Waals surface area contributed by atoms with Gasteiger partial charge in [-0.15, -0.1) is 0 Å². The smallest absolute Gasteiger partial charge is 0.233 e. The Balaban J connectivity index is 1.39. The van der Waals surface area contributed by atoms with Crippen molar-refractivity contribution in [3.63, 3.8) is 0 Å². The monoisotopic (exact) mass is 458 g/mol. The van der Waals surface area contributed by atoms with Crippen molar-refractivity contribution < 1.29 is 14.3 Å². The molecular formula is C29H34N2O3. The zero-order valence-corrected chi connectivity index (χ0v) is 20.3. The average Bonchev–Trinajstić information content (AvgIpc) is 3.09. The van der Waals surface area contributed by atoms with Gasteiger partial charge in [0.25, 0.3) is 0 Å². The van der Waals surface area contributed by atoms with Crippen molar-refractivity contribution in [3.05, 3.63) is 77.1 Å². The predicted octanol–water partition coefficient (Wildman–Crippen LogP) is 4.62. The Morgan fingerprint density at radius 2 is 1.79 bits per heavy atom. The predicted molar refractivity (Wildman–Crippen MR) is 134 cm³/mol. The van der Waals surface area contributed by atoms with Gasteiger partial charge in [0.2, 0.25) is 5.91 Å². The molecule has 3 heterocycles. The van der Waals surface area contributed by atoms with E-state index in [2.05, 4.69) is 66.2 Å². The second-order valence-electron chi connectivity index (χ2n) is 10.0. The van der Waals surface area contributed by atoms with Crippen LogP contribution >= 0.6 is 0 Å². The lowest BCUT2D eigenvalue weighted by molar-refractivity contribution is -0.141. The molecular weight excluding hydrogens is 424 g/mol. The van der Waals surface area contributed by atoms with E-state index in [0.29, 0.717) is 33.0 Å². The number of aryl methyl sites for hydroxylation is 2. The van der Waals surface area contributed by atoms with Gasteiger partial charge in [0.1, 0.15) is 0 Å².